The van der Waals surface area contributed by atoms with Gasteiger partial charge in [0.15, 0.2) is 5.11 Å². The lowest BCUT2D eigenvalue weighted by molar-refractivity contribution is -0.123. The first-order valence-corrected chi connectivity index (χ1v) is 9.09. The van der Waals surface area contributed by atoms with Gasteiger partial charge < -0.3 is 9.74 Å². The van der Waals surface area contributed by atoms with Crippen LogP contribution in [0, 0.1) is 26.2 Å². The second-order valence-corrected chi connectivity index (χ2v) is 7.39. The lowest BCUT2D eigenvalue weighted by Crippen LogP contribution is -2.55. The molecule has 1 spiro atoms. The minimum absolute atomic E-state index is 0.114. The number of anilines is 2. The fraction of sp³-hybridized carbons (Fsp3) is 0.300. The number of hydrogen-bond acceptors (Lipinski definition) is 3. The van der Waals surface area contributed by atoms with Crippen molar-refractivity contribution < 1.29 is 9.18 Å². The number of pyridine rings is 1. The van der Waals surface area contributed by atoms with Crippen LogP contribution >= 0.6 is 12.2 Å². The predicted molar refractivity (Wildman–Crippen MR) is 106 cm³/mol. The smallest absolute Gasteiger partial charge is 0.272 e. The Labute approximate surface area is 162 Å². The molecule has 1 saturated carbocycles. The van der Waals surface area contributed by atoms with E-state index in [-0.39, 0.29) is 11.7 Å². The van der Waals surface area contributed by atoms with Crippen molar-refractivity contribution >= 4 is 40.4 Å². The van der Waals surface area contributed by atoms with Crippen molar-refractivity contribution in [2.45, 2.75) is 38.6 Å². The number of hydrogen-bond donors (Lipinski definition) is 0. The molecule has 2 aromatic rings. The third-order valence-electron chi connectivity index (χ3n) is 5.41. The number of benzene rings is 1. The fourth-order valence-electron chi connectivity index (χ4n) is 3.72. The van der Waals surface area contributed by atoms with Crippen LogP contribution < -0.4 is 9.80 Å². The third-order valence-corrected chi connectivity index (χ3v) is 5.77. The lowest BCUT2D eigenvalue weighted by atomic mass is 9.75. The molecule has 0 radical (unpaired) electrons. The summed E-state index contributed by atoms with van der Waals surface area (Å²) in [5.74, 6) is -0.141. The normalized spacial score (nSPS) is 18.0. The molecule has 136 valence electrons. The molecule has 0 N–H and O–H groups in total. The molecule has 1 aromatic heterocycles. The number of aryl methyl sites for hydroxylation is 2. The van der Waals surface area contributed by atoms with Crippen LogP contribution in [0.4, 0.5) is 21.6 Å². The van der Waals surface area contributed by atoms with Gasteiger partial charge in [-0.3, -0.25) is 9.69 Å². The molecular formula is C20H17FN4OS. The largest absolute Gasteiger partial charge is 0.360 e. The highest BCUT2D eigenvalue weighted by Gasteiger charge is 2.59. The second kappa shape index (κ2) is 6.10. The first kappa shape index (κ1) is 17.6. The molecule has 1 aliphatic heterocycles. The van der Waals surface area contributed by atoms with Crippen LogP contribution in [0.15, 0.2) is 30.5 Å². The summed E-state index contributed by atoms with van der Waals surface area (Å²) in [6.07, 6.45) is 3.76. The van der Waals surface area contributed by atoms with Gasteiger partial charge in [-0.05, 0) is 74.7 Å². The van der Waals surface area contributed by atoms with Gasteiger partial charge in [-0.25, -0.2) is 4.39 Å². The third kappa shape index (κ3) is 2.44. The van der Waals surface area contributed by atoms with Crippen molar-refractivity contribution in [3.05, 3.63) is 58.8 Å². The predicted octanol–water partition coefficient (Wildman–Crippen LogP) is 4.45. The molecule has 1 aliphatic carbocycles. The van der Waals surface area contributed by atoms with Crippen LogP contribution in [-0.4, -0.2) is 21.5 Å². The minimum atomic E-state index is -0.759. The quantitative estimate of drug-likeness (QED) is 0.570. The molecule has 1 aromatic carbocycles. The van der Waals surface area contributed by atoms with E-state index in [0.29, 0.717) is 46.3 Å². The van der Waals surface area contributed by atoms with Gasteiger partial charge in [0.05, 0.1) is 5.69 Å². The average Bonchev–Trinajstić information content (AvgIpc) is 2.84. The van der Waals surface area contributed by atoms with E-state index in [4.69, 9.17) is 18.8 Å². The molecule has 4 rings (SSSR count). The first-order chi connectivity index (χ1) is 12.9. The summed E-state index contributed by atoms with van der Waals surface area (Å²) >= 11 is 5.65. The first-order valence-electron chi connectivity index (χ1n) is 8.68. The summed E-state index contributed by atoms with van der Waals surface area (Å²) in [5.41, 5.74) is 1.59. The summed E-state index contributed by atoms with van der Waals surface area (Å²) in [5, 5.41) is 0.319. The zero-order chi connectivity index (χ0) is 19.3. The molecule has 1 amide bonds. The number of halogens is 1. The van der Waals surface area contributed by atoms with Crippen LogP contribution in [0.3, 0.4) is 0 Å². The summed E-state index contributed by atoms with van der Waals surface area (Å²) in [6, 6.07) is 6.68. The maximum absolute atomic E-state index is 14.2. The average molecular weight is 380 g/mol. The zero-order valence-electron chi connectivity index (χ0n) is 15.0. The Kier molecular flexibility index (Phi) is 3.97. The lowest BCUT2D eigenvalue weighted by Gasteiger charge is -2.43. The van der Waals surface area contributed by atoms with E-state index < -0.39 is 5.54 Å². The number of carbonyl (C=O) groups is 1. The van der Waals surface area contributed by atoms with Gasteiger partial charge in [0.25, 0.3) is 11.7 Å². The number of nitrogens with zero attached hydrogens (tertiary/aromatic N) is 4. The summed E-state index contributed by atoms with van der Waals surface area (Å²) in [7, 11) is 0. The number of amides is 1. The van der Waals surface area contributed by atoms with Gasteiger partial charge >= 0.3 is 0 Å². The highest BCUT2D eigenvalue weighted by Crippen LogP contribution is 2.48. The van der Waals surface area contributed by atoms with E-state index >= 15 is 0 Å². The zero-order valence-corrected chi connectivity index (χ0v) is 15.8. The van der Waals surface area contributed by atoms with Gasteiger partial charge in [-0.2, -0.15) is 0 Å². The molecule has 2 heterocycles. The standard InChI is InChI=1S/C20H17FN4OS/c1-12-5-6-14(10-16(12)21)25-19(27)24(18(26)20(25)7-4-8-20)15-9-13(2)17(22-3)23-11-15/h5-6,9-11H,4,7-8H2,1-2H3. The van der Waals surface area contributed by atoms with E-state index in [0.717, 1.165) is 6.42 Å². The van der Waals surface area contributed by atoms with E-state index in [2.05, 4.69) is 9.83 Å². The van der Waals surface area contributed by atoms with Crippen molar-refractivity contribution in [2.24, 2.45) is 0 Å². The van der Waals surface area contributed by atoms with E-state index in [1.807, 2.05) is 0 Å². The Morgan fingerprint density at radius 2 is 1.96 bits per heavy atom. The van der Waals surface area contributed by atoms with Gasteiger partial charge in [-0.15, -0.1) is 4.98 Å². The monoisotopic (exact) mass is 380 g/mol. The number of aromatic nitrogens is 1. The number of thiocarbonyl (C=S) groups is 1. The Morgan fingerprint density at radius 3 is 2.52 bits per heavy atom. The van der Waals surface area contributed by atoms with Crippen molar-refractivity contribution in [1.29, 1.82) is 0 Å². The molecule has 1 saturated heterocycles. The van der Waals surface area contributed by atoms with Crippen molar-refractivity contribution in [3.8, 4) is 0 Å². The Bertz CT molecular complexity index is 1030. The number of rotatable bonds is 2. The van der Waals surface area contributed by atoms with Crippen LogP contribution in [-0.2, 0) is 4.79 Å². The topological polar surface area (TPSA) is 40.8 Å². The van der Waals surface area contributed by atoms with Gasteiger partial charge in [0.1, 0.15) is 17.6 Å². The summed E-state index contributed by atoms with van der Waals surface area (Å²) in [6.45, 7) is 10.6. The summed E-state index contributed by atoms with van der Waals surface area (Å²) < 4.78 is 14.2. The molecule has 7 heteroatoms. The van der Waals surface area contributed by atoms with E-state index in [1.54, 1.807) is 36.9 Å². The molecule has 2 fully saturated rings. The van der Waals surface area contributed by atoms with Crippen LogP contribution in [0.1, 0.15) is 30.4 Å². The molecule has 0 bridgehead atoms. The Hall–Kier alpha value is -2.85. The second-order valence-electron chi connectivity index (χ2n) is 7.02. The minimum Gasteiger partial charge on any atom is -0.360 e. The van der Waals surface area contributed by atoms with Crippen molar-refractivity contribution in [3.63, 3.8) is 0 Å². The number of carbonyl (C=O) groups excluding carboxylic acids is 1. The van der Waals surface area contributed by atoms with Crippen LogP contribution in [0.5, 0.6) is 0 Å². The fourth-order valence-corrected chi connectivity index (χ4v) is 4.19. The molecule has 27 heavy (non-hydrogen) atoms. The Morgan fingerprint density at radius 1 is 1.22 bits per heavy atom. The van der Waals surface area contributed by atoms with Gasteiger partial charge in [0.2, 0.25) is 0 Å². The summed E-state index contributed by atoms with van der Waals surface area (Å²) in [4.78, 5) is 24.1. The highest BCUT2D eigenvalue weighted by molar-refractivity contribution is 7.81. The van der Waals surface area contributed by atoms with Crippen LogP contribution in [0.2, 0.25) is 0 Å². The molecule has 0 atom stereocenters. The SMILES string of the molecule is [C-]#[N+]c1ncc(N2C(=O)C3(CCC3)N(c3ccc(C)c(F)c3)C2=S)cc1C. The maximum atomic E-state index is 14.2. The molecular weight excluding hydrogens is 363 g/mol. The van der Waals surface area contributed by atoms with Crippen molar-refractivity contribution in [1.82, 2.24) is 4.98 Å². The van der Waals surface area contributed by atoms with Crippen molar-refractivity contribution in [2.75, 3.05) is 9.80 Å². The van der Waals surface area contributed by atoms with E-state index in [1.165, 1.54) is 17.2 Å². The highest BCUT2D eigenvalue weighted by atomic mass is 32.1. The van der Waals surface area contributed by atoms with Crippen LogP contribution in [0.25, 0.3) is 4.85 Å². The molecule has 2 aliphatic rings. The van der Waals surface area contributed by atoms with Gasteiger partial charge in [0, 0.05) is 5.69 Å². The Balaban J connectivity index is 1.81. The molecule has 5 nitrogen and oxygen atoms in total. The molecule has 0 unspecified atom stereocenters. The maximum Gasteiger partial charge on any atom is 0.272 e. The van der Waals surface area contributed by atoms with E-state index in [9.17, 15) is 9.18 Å². The van der Waals surface area contributed by atoms with Gasteiger partial charge in [-0.1, -0.05) is 12.6 Å².